The quantitative estimate of drug-likeness (QED) is 0.818. The Morgan fingerprint density at radius 1 is 1.12 bits per heavy atom. The molecule has 0 aromatic carbocycles. The summed E-state index contributed by atoms with van der Waals surface area (Å²) in [6.45, 7) is 2.27. The van der Waals surface area contributed by atoms with E-state index in [0.29, 0.717) is 10.7 Å². The van der Waals surface area contributed by atoms with E-state index in [1.807, 2.05) is 12.3 Å². The average molecular weight is 249 g/mol. The molecule has 0 saturated carbocycles. The van der Waals surface area contributed by atoms with Gasteiger partial charge in [0.2, 0.25) is 0 Å². The van der Waals surface area contributed by atoms with Crippen molar-refractivity contribution in [2.24, 2.45) is 5.73 Å². The van der Waals surface area contributed by atoms with E-state index < -0.39 is 0 Å². The summed E-state index contributed by atoms with van der Waals surface area (Å²) in [5.41, 5.74) is 7.43. The van der Waals surface area contributed by atoms with Crippen molar-refractivity contribution in [1.82, 2.24) is 4.98 Å². The lowest BCUT2D eigenvalue weighted by molar-refractivity contribution is 0.556. The third kappa shape index (κ3) is 3.40. The summed E-state index contributed by atoms with van der Waals surface area (Å²) in [4.78, 5) is 7.08. The van der Waals surface area contributed by atoms with E-state index in [4.69, 9.17) is 18.0 Å². The molecule has 0 unspecified atom stereocenters. The Hall–Kier alpha value is -1.16. The van der Waals surface area contributed by atoms with Crippen molar-refractivity contribution in [2.45, 2.75) is 32.1 Å². The Bertz CT molecular complexity index is 367. The average Bonchev–Trinajstić information content (AvgIpc) is 2.29. The number of nitrogens with two attached hydrogens (primary N) is 1. The molecule has 1 aromatic rings. The zero-order valence-electron chi connectivity index (χ0n) is 10.1. The van der Waals surface area contributed by atoms with Crippen LogP contribution in [-0.4, -0.2) is 23.1 Å². The molecule has 17 heavy (non-hydrogen) atoms. The van der Waals surface area contributed by atoms with Gasteiger partial charge in [-0.25, -0.2) is 0 Å². The molecular weight excluding hydrogens is 230 g/mol. The van der Waals surface area contributed by atoms with Crippen molar-refractivity contribution in [1.29, 1.82) is 0 Å². The molecule has 1 aliphatic heterocycles. The van der Waals surface area contributed by atoms with Crippen LogP contribution in [-0.2, 0) is 0 Å². The number of aromatic nitrogens is 1. The van der Waals surface area contributed by atoms with E-state index in [9.17, 15) is 0 Å². The lowest BCUT2D eigenvalue weighted by Gasteiger charge is -2.26. The predicted molar refractivity (Wildman–Crippen MR) is 75.4 cm³/mol. The van der Waals surface area contributed by atoms with Gasteiger partial charge in [-0.2, -0.15) is 0 Å². The molecule has 2 heterocycles. The van der Waals surface area contributed by atoms with Gasteiger partial charge in [0.25, 0.3) is 0 Å². The minimum atomic E-state index is 0.365. The van der Waals surface area contributed by atoms with Crippen molar-refractivity contribution >= 4 is 22.9 Å². The van der Waals surface area contributed by atoms with Gasteiger partial charge < -0.3 is 10.6 Å². The molecule has 0 amide bonds. The Kier molecular flexibility index (Phi) is 4.31. The van der Waals surface area contributed by atoms with Gasteiger partial charge in [0.1, 0.15) is 4.99 Å². The maximum Gasteiger partial charge on any atom is 0.122 e. The van der Waals surface area contributed by atoms with Crippen LogP contribution in [0.5, 0.6) is 0 Å². The van der Waals surface area contributed by atoms with Gasteiger partial charge >= 0.3 is 0 Å². The van der Waals surface area contributed by atoms with Crippen LogP contribution >= 0.6 is 12.2 Å². The molecule has 2 N–H and O–H groups in total. The maximum atomic E-state index is 5.54. The highest BCUT2D eigenvalue weighted by molar-refractivity contribution is 7.80. The first-order valence-corrected chi connectivity index (χ1v) is 6.69. The highest BCUT2D eigenvalue weighted by Crippen LogP contribution is 2.18. The maximum absolute atomic E-state index is 5.54. The van der Waals surface area contributed by atoms with Crippen LogP contribution in [0.15, 0.2) is 18.3 Å². The van der Waals surface area contributed by atoms with Gasteiger partial charge in [-0.15, -0.1) is 0 Å². The predicted octanol–water partition coefficient (Wildman–Crippen LogP) is 2.49. The summed E-state index contributed by atoms with van der Waals surface area (Å²) in [6, 6.07) is 3.99. The monoisotopic (exact) mass is 249 g/mol. The second-order valence-electron chi connectivity index (χ2n) is 4.52. The van der Waals surface area contributed by atoms with Crippen LogP contribution in [0.3, 0.4) is 0 Å². The summed E-state index contributed by atoms with van der Waals surface area (Å²) < 4.78 is 0. The molecule has 2 rings (SSSR count). The number of nitrogens with zero attached hydrogens (tertiary/aromatic N) is 2. The highest BCUT2D eigenvalue weighted by atomic mass is 32.1. The number of hydrogen-bond donors (Lipinski definition) is 1. The number of pyridine rings is 1. The van der Waals surface area contributed by atoms with Crippen molar-refractivity contribution < 1.29 is 0 Å². The number of thiocarbonyl (C=S) groups is 1. The van der Waals surface area contributed by atoms with Gasteiger partial charge in [-0.3, -0.25) is 4.98 Å². The lowest BCUT2D eigenvalue weighted by Crippen LogP contribution is -2.27. The second kappa shape index (κ2) is 5.96. The molecule has 4 heteroatoms. The minimum absolute atomic E-state index is 0.365. The van der Waals surface area contributed by atoms with Crippen LogP contribution in [0.2, 0.25) is 0 Å². The highest BCUT2D eigenvalue weighted by Gasteiger charge is 2.09. The molecular formula is C13H19N3S. The molecule has 0 radical (unpaired) electrons. The molecule has 1 aliphatic rings. The molecule has 0 spiro atoms. The van der Waals surface area contributed by atoms with Crippen molar-refractivity contribution in [3.05, 3.63) is 24.0 Å². The number of hydrogen-bond acceptors (Lipinski definition) is 3. The Balaban J connectivity index is 2.06. The molecule has 1 fully saturated rings. The third-order valence-electron chi connectivity index (χ3n) is 3.22. The first-order valence-electron chi connectivity index (χ1n) is 6.28. The Morgan fingerprint density at radius 2 is 1.76 bits per heavy atom. The first-order chi connectivity index (χ1) is 8.27. The zero-order chi connectivity index (χ0) is 12.1. The van der Waals surface area contributed by atoms with Gasteiger partial charge in [0, 0.05) is 13.1 Å². The van der Waals surface area contributed by atoms with Crippen LogP contribution in [0.4, 0.5) is 5.69 Å². The smallest absolute Gasteiger partial charge is 0.122 e. The first kappa shape index (κ1) is 12.3. The fourth-order valence-corrected chi connectivity index (χ4v) is 2.35. The summed E-state index contributed by atoms with van der Waals surface area (Å²) in [7, 11) is 0. The largest absolute Gasteiger partial charge is 0.388 e. The van der Waals surface area contributed by atoms with Gasteiger partial charge in [-0.1, -0.05) is 31.5 Å². The SMILES string of the molecule is NC(=S)c1ccc(N2CCCCCCC2)cn1. The molecule has 0 bridgehead atoms. The summed E-state index contributed by atoms with van der Waals surface area (Å²) in [6.07, 6.45) is 8.50. The Morgan fingerprint density at radius 3 is 2.29 bits per heavy atom. The summed E-state index contributed by atoms with van der Waals surface area (Å²) in [5.74, 6) is 0. The molecule has 0 atom stereocenters. The second-order valence-corrected chi connectivity index (χ2v) is 4.96. The third-order valence-corrected chi connectivity index (χ3v) is 3.43. The van der Waals surface area contributed by atoms with E-state index in [1.165, 1.54) is 37.8 Å². The fraction of sp³-hybridized carbons (Fsp3) is 0.538. The molecule has 92 valence electrons. The standard InChI is InChI=1S/C13H19N3S/c14-13(17)12-7-6-11(10-15-12)16-8-4-2-1-3-5-9-16/h6-7,10H,1-5,8-9H2,(H2,14,17). The lowest BCUT2D eigenvalue weighted by atomic mass is 10.1. The van der Waals surface area contributed by atoms with E-state index in [-0.39, 0.29) is 0 Å². The Labute approximate surface area is 108 Å². The zero-order valence-corrected chi connectivity index (χ0v) is 10.9. The van der Waals surface area contributed by atoms with E-state index in [1.54, 1.807) is 0 Å². The van der Waals surface area contributed by atoms with E-state index in [2.05, 4.69) is 16.0 Å². The fourth-order valence-electron chi connectivity index (χ4n) is 2.22. The number of anilines is 1. The normalized spacial score (nSPS) is 17.3. The molecule has 3 nitrogen and oxygen atoms in total. The van der Waals surface area contributed by atoms with E-state index >= 15 is 0 Å². The molecule has 1 saturated heterocycles. The molecule has 0 aliphatic carbocycles. The molecule has 1 aromatic heterocycles. The van der Waals surface area contributed by atoms with Crippen LogP contribution in [0.25, 0.3) is 0 Å². The number of rotatable bonds is 2. The van der Waals surface area contributed by atoms with Crippen LogP contribution < -0.4 is 10.6 Å². The van der Waals surface area contributed by atoms with E-state index in [0.717, 1.165) is 13.1 Å². The summed E-state index contributed by atoms with van der Waals surface area (Å²) >= 11 is 4.90. The van der Waals surface area contributed by atoms with Crippen LogP contribution in [0, 0.1) is 0 Å². The van der Waals surface area contributed by atoms with Crippen LogP contribution in [0.1, 0.15) is 37.8 Å². The topological polar surface area (TPSA) is 42.1 Å². The summed E-state index contributed by atoms with van der Waals surface area (Å²) in [5, 5.41) is 0. The van der Waals surface area contributed by atoms with Crippen molar-refractivity contribution in [3.8, 4) is 0 Å². The van der Waals surface area contributed by atoms with Gasteiger partial charge in [-0.05, 0) is 25.0 Å². The van der Waals surface area contributed by atoms with Crippen molar-refractivity contribution in [2.75, 3.05) is 18.0 Å². The minimum Gasteiger partial charge on any atom is -0.388 e. The van der Waals surface area contributed by atoms with Crippen molar-refractivity contribution in [3.63, 3.8) is 0 Å². The van der Waals surface area contributed by atoms with Gasteiger partial charge in [0.05, 0.1) is 17.6 Å². The van der Waals surface area contributed by atoms with Gasteiger partial charge in [0.15, 0.2) is 0 Å².